The Hall–Kier alpha value is -4.20. The van der Waals surface area contributed by atoms with Gasteiger partial charge in [0.15, 0.2) is 23.0 Å². The SMILES string of the molecule is COC(=O)c1ccc(C(=O)N2CCc3cc(OC)c(OC)cc3C2c2ccc(OC)c(OC)c2)cc1. The third kappa shape index (κ3) is 4.54. The lowest BCUT2D eigenvalue weighted by Gasteiger charge is -2.38. The van der Waals surface area contributed by atoms with Crippen molar-refractivity contribution < 1.29 is 33.3 Å². The summed E-state index contributed by atoms with van der Waals surface area (Å²) in [7, 11) is 7.68. The van der Waals surface area contributed by atoms with Gasteiger partial charge in [-0.05, 0) is 71.6 Å². The summed E-state index contributed by atoms with van der Waals surface area (Å²) in [5, 5.41) is 0. The number of methoxy groups -OCH3 is 5. The molecule has 8 heteroatoms. The van der Waals surface area contributed by atoms with Crippen LogP contribution in [0.3, 0.4) is 0 Å². The Bertz CT molecular complexity index is 1270. The van der Waals surface area contributed by atoms with Gasteiger partial charge in [-0.15, -0.1) is 0 Å². The van der Waals surface area contributed by atoms with Gasteiger partial charge >= 0.3 is 5.97 Å². The Balaban J connectivity index is 1.83. The summed E-state index contributed by atoms with van der Waals surface area (Å²) in [5.74, 6) is 1.77. The molecule has 0 fully saturated rings. The van der Waals surface area contributed by atoms with Crippen molar-refractivity contribution in [2.75, 3.05) is 42.1 Å². The molecule has 1 amide bonds. The normalized spacial score (nSPS) is 14.5. The van der Waals surface area contributed by atoms with Crippen LogP contribution in [0.1, 0.15) is 43.4 Å². The molecule has 4 rings (SSSR count). The highest BCUT2D eigenvalue weighted by atomic mass is 16.5. The number of carbonyl (C=O) groups excluding carboxylic acids is 2. The largest absolute Gasteiger partial charge is 0.493 e. The number of ether oxygens (including phenoxy) is 5. The minimum absolute atomic E-state index is 0.161. The monoisotopic (exact) mass is 491 g/mol. The summed E-state index contributed by atoms with van der Waals surface area (Å²) in [4.78, 5) is 27.5. The van der Waals surface area contributed by atoms with Gasteiger partial charge in [-0.25, -0.2) is 4.79 Å². The van der Waals surface area contributed by atoms with Crippen LogP contribution < -0.4 is 18.9 Å². The summed E-state index contributed by atoms with van der Waals surface area (Å²) in [6.07, 6.45) is 0.644. The van der Waals surface area contributed by atoms with Crippen LogP contribution in [0.15, 0.2) is 54.6 Å². The second kappa shape index (κ2) is 10.6. The number of nitrogens with zero attached hydrogens (tertiary/aromatic N) is 1. The lowest BCUT2D eigenvalue weighted by atomic mass is 9.87. The predicted molar refractivity (Wildman–Crippen MR) is 133 cm³/mol. The second-order valence-electron chi connectivity index (χ2n) is 8.24. The number of esters is 1. The highest BCUT2D eigenvalue weighted by Gasteiger charge is 2.34. The summed E-state index contributed by atoms with van der Waals surface area (Å²) in [5.41, 5.74) is 3.71. The number of hydrogen-bond acceptors (Lipinski definition) is 7. The zero-order chi connectivity index (χ0) is 25.8. The minimum Gasteiger partial charge on any atom is -0.493 e. The maximum Gasteiger partial charge on any atom is 0.337 e. The van der Waals surface area contributed by atoms with Crippen molar-refractivity contribution in [1.82, 2.24) is 4.90 Å². The minimum atomic E-state index is -0.454. The molecule has 1 aliphatic rings. The van der Waals surface area contributed by atoms with Gasteiger partial charge in [-0.3, -0.25) is 4.79 Å². The molecule has 8 nitrogen and oxygen atoms in total. The molecule has 3 aromatic carbocycles. The second-order valence-corrected chi connectivity index (χ2v) is 8.24. The summed E-state index contributed by atoms with van der Waals surface area (Å²) in [6, 6.07) is 15.6. The molecule has 0 saturated carbocycles. The lowest BCUT2D eigenvalue weighted by Crippen LogP contribution is -2.40. The van der Waals surface area contributed by atoms with E-state index in [1.54, 1.807) is 52.7 Å². The van der Waals surface area contributed by atoms with Crippen LogP contribution in [-0.4, -0.2) is 58.9 Å². The molecule has 1 atom stereocenters. The zero-order valence-electron chi connectivity index (χ0n) is 21.0. The number of amides is 1. The summed E-state index contributed by atoms with van der Waals surface area (Å²) < 4.78 is 26.8. The standard InChI is InChI=1S/C28H29NO7/c1-32-22-11-10-20(15-23(22)33-2)26-21-16-25(35-4)24(34-3)14-19(21)12-13-29(26)27(30)17-6-8-18(9-7-17)28(31)36-5/h6-11,14-16,26H,12-13H2,1-5H3. The maximum absolute atomic E-state index is 13.8. The smallest absolute Gasteiger partial charge is 0.337 e. The zero-order valence-corrected chi connectivity index (χ0v) is 21.0. The Labute approximate surface area is 210 Å². The van der Waals surface area contributed by atoms with Gasteiger partial charge in [0.1, 0.15) is 0 Å². The molecular weight excluding hydrogens is 462 g/mol. The Morgan fingerprint density at radius 2 is 1.31 bits per heavy atom. The number of rotatable bonds is 7. The Kier molecular flexibility index (Phi) is 7.33. The Morgan fingerprint density at radius 3 is 1.92 bits per heavy atom. The number of hydrogen-bond donors (Lipinski definition) is 0. The third-order valence-corrected chi connectivity index (χ3v) is 6.41. The average Bonchev–Trinajstić information content (AvgIpc) is 2.94. The van der Waals surface area contributed by atoms with Gasteiger partial charge in [0.05, 0.1) is 47.2 Å². The Morgan fingerprint density at radius 1 is 0.722 bits per heavy atom. The molecule has 0 aromatic heterocycles. The first-order valence-electron chi connectivity index (χ1n) is 11.4. The predicted octanol–water partition coefficient (Wildman–Crippen LogP) is 4.30. The molecule has 0 bridgehead atoms. The quantitative estimate of drug-likeness (QED) is 0.456. The molecule has 0 aliphatic carbocycles. The number of benzene rings is 3. The van der Waals surface area contributed by atoms with Crippen LogP contribution in [0.5, 0.6) is 23.0 Å². The van der Waals surface area contributed by atoms with E-state index in [9.17, 15) is 9.59 Å². The average molecular weight is 492 g/mol. The molecule has 1 unspecified atom stereocenters. The lowest BCUT2D eigenvalue weighted by molar-refractivity contribution is 0.0599. The van der Waals surface area contributed by atoms with Crippen LogP contribution in [0.4, 0.5) is 0 Å². The van der Waals surface area contributed by atoms with E-state index >= 15 is 0 Å². The van der Waals surface area contributed by atoms with Crippen molar-refractivity contribution >= 4 is 11.9 Å². The molecule has 3 aromatic rings. The van der Waals surface area contributed by atoms with Crippen LogP contribution in [0, 0.1) is 0 Å². The fourth-order valence-corrected chi connectivity index (χ4v) is 4.58. The molecule has 0 saturated heterocycles. The van der Waals surface area contributed by atoms with E-state index in [4.69, 9.17) is 23.7 Å². The van der Waals surface area contributed by atoms with E-state index < -0.39 is 12.0 Å². The van der Waals surface area contributed by atoms with Gasteiger partial charge in [0.25, 0.3) is 5.91 Å². The molecule has 1 aliphatic heterocycles. The fourth-order valence-electron chi connectivity index (χ4n) is 4.58. The van der Waals surface area contributed by atoms with Crippen molar-refractivity contribution in [2.24, 2.45) is 0 Å². The van der Waals surface area contributed by atoms with Crippen LogP contribution in [0.2, 0.25) is 0 Å². The first kappa shape index (κ1) is 24.9. The molecule has 188 valence electrons. The van der Waals surface area contributed by atoms with E-state index in [1.807, 2.05) is 35.2 Å². The van der Waals surface area contributed by atoms with Crippen molar-refractivity contribution in [3.8, 4) is 23.0 Å². The van der Waals surface area contributed by atoms with Gasteiger partial charge < -0.3 is 28.6 Å². The fraction of sp³-hybridized carbons (Fsp3) is 0.286. The van der Waals surface area contributed by atoms with Crippen LogP contribution in [-0.2, 0) is 11.2 Å². The van der Waals surface area contributed by atoms with Crippen LogP contribution >= 0.6 is 0 Å². The van der Waals surface area contributed by atoms with Crippen LogP contribution in [0.25, 0.3) is 0 Å². The highest BCUT2D eigenvalue weighted by Crippen LogP contribution is 2.43. The molecule has 1 heterocycles. The van der Waals surface area contributed by atoms with E-state index in [0.717, 1.165) is 16.7 Å². The van der Waals surface area contributed by atoms with E-state index in [-0.39, 0.29) is 5.91 Å². The summed E-state index contributed by atoms with van der Waals surface area (Å²) >= 11 is 0. The highest BCUT2D eigenvalue weighted by molar-refractivity contribution is 5.97. The van der Waals surface area contributed by atoms with Crippen molar-refractivity contribution in [3.05, 3.63) is 82.4 Å². The molecule has 0 spiro atoms. The molecule has 0 radical (unpaired) electrons. The molecule has 0 N–H and O–H groups in total. The van der Waals surface area contributed by atoms with E-state index in [1.165, 1.54) is 7.11 Å². The van der Waals surface area contributed by atoms with Gasteiger partial charge in [0, 0.05) is 12.1 Å². The van der Waals surface area contributed by atoms with Crippen molar-refractivity contribution in [2.45, 2.75) is 12.5 Å². The van der Waals surface area contributed by atoms with E-state index in [0.29, 0.717) is 47.1 Å². The first-order valence-corrected chi connectivity index (χ1v) is 11.4. The molecule has 36 heavy (non-hydrogen) atoms. The maximum atomic E-state index is 13.8. The third-order valence-electron chi connectivity index (χ3n) is 6.41. The number of carbonyl (C=O) groups is 2. The topological polar surface area (TPSA) is 83.5 Å². The first-order chi connectivity index (χ1) is 17.4. The summed E-state index contributed by atoms with van der Waals surface area (Å²) in [6.45, 7) is 0.485. The van der Waals surface area contributed by atoms with Gasteiger partial charge in [-0.2, -0.15) is 0 Å². The van der Waals surface area contributed by atoms with E-state index in [2.05, 4.69) is 0 Å². The number of fused-ring (bicyclic) bond motifs is 1. The van der Waals surface area contributed by atoms with Crippen molar-refractivity contribution in [1.29, 1.82) is 0 Å². The van der Waals surface area contributed by atoms with Gasteiger partial charge in [-0.1, -0.05) is 6.07 Å². The van der Waals surface area contributed by atoms with Gasteiger partial charge in [0.2, 0.25) is 0 Å². The molecular formula is C28H29NO7. The van der Waals surface area contributed by atoms with Crippen molar-refractivity contribution in [3.63, 3.8) is 0 Å².